The van der Waals surface area contributed by atoms with Crippen LogP contribution in [0.25, 0.3) is 11.0 Å². The van der Waals surface area contributed by atoms with E-state index in [0.717, 1.165) is 47.5 Å². The summed E-state index contributed by atoms with van der Waals surface area (Å²) < 4.78 is 25.2. The first-order valence-electron chi connectivity index (χ1n) is 10.7. The Morgan fingerprint density at radius 1 is 0.906 bits per heavy atom. The summed E-state index contributed by atoms with van der Waals surface area (Å²) in [7, 11) is -3.02. The summed E-state index contributed by atoms with van der Waals surface area (Å²) in [6.07, 6.45) is 3.68. The van der Waals surface area contributed by atoms with Gasteiger partial charge in [-0.2, -0.15) is 0 Å². The van der Waals surface area contributed by atoms with Crippen molar-refractivity contribution in [2.45, 2.75) is 32.6 Å². The summed E-state index contributed by atoms with van der Waals surface area (Å²) in [5, 5.41) is 4.53. The largest absolute Gasteiger partial charge is 0.369 e. The number of anilines is 1. The molecule has 4 rings (SSSR count). The highest BCUT2D eigenvalue weighted by atomic mass is 32.2. The molecule has 4 aromatic rings. The highest BCUT2D eigenvalue weighted by Gasteiger charge is 2.16. The number of aromatic nitrogens is 3. The first-order valence-corrected chi connectivity index (χ1v) is 12.7. The number of nitrogens with one attached hydrogen (secondary N) is 1. The molecule has 2 heterocycles. The first-order chi connectivity index (χ1) is 15.3. The molecule has 0 aliphatic heterocycles. The average molecular weight is 449 g/mol. The van der Waals surface area contributed by atoms with Gasteiger partial charge >= 0.3 is 0 Å². The van der Waals surface area contributed by atoms with E-state index in [1.54, 1.807) is 6.33 Å². The van der Waals surface area contributed by atoms with E-state index in [0.29, 0.717) is 0 Å². The predicted octanol–water partition coefficient (Wildman–Crippen LogP) is 4.30. The highest BCUT2D eigenvalue weighted by molar-refractivity contribution is 7.89. The molecule has 0 fully saturated rings. The van der Waals surface area contributed by atoms with Crippen LogP contribution in [-0.2, 0) is 28.6 Å². The van der Waals surface area contributed by atoms with E-state index in [9.17, 15) is 8.42 Å². The van der Waals surface area contributed by atoms with Gasteiger partial charge in [-0.1, -0.05) is 54.6 Å². The third-order valence-electron chi connectivity index (χ3n) is 5.75. The lowest BCUT2D eigenvalue weighted by Crippen LogP contribution is -2.08. The van der Waals surface area contributed by atoms with Gasteiger partial charge in [0.2, 0.25) is 0 Å². The van der Waals surface area contributed by atoms with Crippen LogP contribution in [0.5, 0.6) is 0 Å². The molecule has 166 valence electrons. The molecule has 32 heavy (non-hydrogen) atoms. The van der Waals surface area contributed by atoms with Crippen molar-refractivity contribution in [2.75, 3.05) is 18.1 Å². The van der Waals surface area contributed by atoms with E-state index in [4.69, 9.17) is 0 Å². The Balaban J connectivity index is 1.50. The van der Waals surface area contributed by atoms with Crippen LogP contribution in [0.3, 0.4) is 0 Å². The van der Waals surface area contributed by atoms with Crippen LogP contribution in [0.4, 0.5) is 5.82 Å². The van der Waals surface area contributed by atoms with E-state index in [1.807, 2.05) is 30.3 Å². The zero-order chi connectivity index (χ0) is 22.7. The second-order valence-corrected chi connectivity index (χ2v) is 10.4. The molecule has 0 amide bonds. The van der Waals surface area contributed by atoms with Crippen molar-refractivity contribution in [1.82, 2.24) is 14.5 Å². The molecule has 2 aromatic heterocycles. The van der Waals surface area contributed by atoms with Crippen LogP contribution < -0.4 is 5.32 Å². The molecule has 0 spiro atoms. The fraction of sp³-hybridized carbons (Fsp3) is 0.280. The minimum atomic E-state index is -3.02. The van der Waals surface area contributed by atoms with E-state index in [2.05, 4.69) is 58.0 Å². The minimum Gasteiger partial charge on any atom is -0.369 e. The number of hydrogen-bond acceptors (Lipinski definition) is 5. The Bertz CT molecular complexity index is 1330. The maximum atomic E-state index is 11.5. The molecule has 0 saturated carbocycles. The molecule has 7 heteroatoms. The maximum absolute atomic E-state index is 11.5. The van der Waals surface area contributed by atoms with Crippen molar-refractivity contribution in [1.29, 1.82) is 0 Å². The van der Waals surface area contributed by atoms with Crippen molar-refractivity contribution < 1.29 is 8.42 Å². The molecule has 0 radical (unpaired) electrons. The monoisotopic (exact) mass is 448 g/mol. The summed E-state index contributed by atoms with van der Waals surface area (Å²) in [6, 6.07) is 18.1. The van der Waals surface area contributed by atoms with Gasteiger partial charge in [-0.15, -0.1) is 0 Å². The molecule has 0 atom stereocenters. The van der Waals surface area contributed by atoms with Crippen molar-refractivity contribution in [3.05, 3.63) is 88.9 Å². The third kappa shape index (κ3) is 4.99. The van der Waals surface area contributed by atoms with Crippen LogP contribution in [0.2, 0.25) is 0 Å². The Morgan fingerprint density at radius 2 is 1.59 bits per heavy atom. The van der Waals surface area contributed by atoms with Gasteiger partial charge in [0, 0.05) is 25.0 Å². The van der Waals surface area contributed by atoms with E-state index >= 15 is 0 Å². The van der Waals surface area contributed by atoms with Crippen molar-refractivity contribution in [3.8, 4) is 0 Å². The van der Waals surface area contributed by atoms with Gasteiger partial charge in [0.05, 0.1) is 11.1 Å². The van der Waals surface area contributed by atoms with Crippen LogP contribution in [-0.4, -0.2) is 35.8 Å². The maximum Gasteiger partial charge on any atom is 0.151 e. The van der Waals surface area contributed by atoms with Gasteiger partial charge in [-0.25, -0.2) is 18.4 Å². The number of sulfone groups is 1. The Labute approximate surface area is 189 Å². The van der Waals surface area contributed by atoms with Gasteiger partial charge in [-0.3, -0.25) is 0 Å². The van der Waals surface area contributed by atoms with Crippen molar-refractivity contribution >= 4 is 26.7 Å². The zero-order valence-electron chi connectivity index (χ0n) is 18.7. The molecule has 2 aromatic carbocycles. The zero-order valence-corrected chi connectivity index (χ0v) is 19.5. The second kappa shape index (κ2) is 9.12. The molecule has 0 unspecified atom stereocenters. The third-order valence-corrected chi connectivity index (χ3v) is 6.60. The number of rotatable bonds is 8. The predicted molar refractivity (Wildman–Crippen MR) is 130 cm³/mol. The van der Waals surface area contributed by atoms with E-state index in [-0.39, 0.29) is 5.75 Å². The standard InChI is InChI=1S/C25H28N4O2S/c1-18-19(2)29(15-21-7-5-4-6-8-21)25-23(18)24(27-17-28-25)26-14-13-20-9-11-22(12-10-20)16-32(3,30)31/h4-12,17H,13-16H2,1-3H3,(H,26,27,28). The van der Waals surface area contributed by atoms with Crippen molar-refractivity contribution in [2.24, 2.45) is 0 Å². The number of benzene rings is 2. The molecular formula is C25H28N4O2S. The molecule has 1 N–H and O–H groups in total. The number of aryl methyl sites for hydroxylation is 1. The minimum absolute atomic E-state index is 0.0725. The van der Waals surface area contributed by atoms with Crippen LogP contribution in [0.1, 0.15) is 27.9 Å². The van der Waals surface area contributed by atoms with Gasteiger partial charge in [0.1, 0.15) is 17.8 Å². The fourth-order valence-electron chi connectivity index (χ4n) is 3.99. The summed E-state index contributed by atoms with van der Waals surface area (Å²) in [4.78, 5) is 9.10. The summed E-state index contributed by atoms with van der Waals surface area (Å²) in [6.45, 7) is 5.74. The Kier molecular flexibility index (Phi) is 6.28. The second-order valence-electron chi connectivity index (χ2n) is 8.27. The normalized spacial score (nSPS) is 11.7. The van der Waals surface area contributed by atoms with Gasteiger partial charge in [0.25, 0.3) is 0 Å². The number of hydrogen-bond donors (Lipinski definition) is 1. The topological polar surface area (TPSA) is 76.9 Å². The van der Waals surface area contributed by atoms with Crippen LogP contribution >= 0.6 is 0 Å². The highest BCUT2D eigenvalue weighted by Crippen LogP contribution is 2.29. The molecule has 0 bridgehead atoms. The van der Waals surface area contributed by atoms with Gasteiger partial charge in [-0.05, 0) is 42.5 Å². The summed E-state index contributed by atoms with van der Waals surface area (Å²) >= 11 is 0. The van der Waals surface area contributed by atoms with Crippen LogP contribution in [0, 0.1) is 13.8 Å². The Morgan fingerprint density at radius 3 is 2.28 bits per heavy atom. The molecule has 0 aliphatic rings. The number of nitrogens with zero attached hydrogens (tertiary/aromatic N) is 3. The lowest BCUT2D eigenvalue weighted by atomic mass is 10.1. The van der Waals surface area contributed by atoms with Crippen LogP contribution in [0.15, 0.2) is 60.9 Å². The fourth-order valence-corrected chi connectivity index (χ4v) is 4.79. The lowest BCUT2D eigenvalue weighted by molar-refractivity contribution is 0.601. The smallest absolute Gasteiger partial charge is 0.151 e. The van der Waals surface area contributed by atoms with Gasteiger partial charge < -0.3 is 9.88 Å². The van der Waals surface area contributed by atoms with Gasteiger partial charge in [0.15, 0.2) is 9.84 Å². The molecular weight excluding hydrogens is 420 g/mol. The summed E-state index contributed by atoms with van der Waals surface area (Å²) in [5.41, 5.74) is 6.51. The first kappa shape index (κ1) is 22.0. The van der Waals surface area contributed by atoms with E-state index in [1.165, 1.54) is 23.1 Å². The average Bonchev–Trinajstić information content (AvgIpc) is 3.00. The molecule has 0 aliphatic carbocycles. The summed E-state index contributed by atoms with van der Waals surface area (Å²) in [5.74, 6) is 0.916. The lowest BCUT2D eigenvalue weighted by Gasteiger charge is -2.09. The molecule has 0 saturated heterocycles. The number of fused-ring (bicyclic) bond motifs is 1. The molecule has 6 nitrogen and oxygen atoms in total. The van der Waals surface area contributed by atoms with E-state index < -0.39 is 9.84 Å². The SMILES string of the molecule is Cc1c(C)n(Cc2ccccc2)c2ncnc(NCCc3ccc(CS(C)(=O)=O)cc3)c12. The van der Waals surface area contributed by atoms with Crippen molar-refractivity contribution in [3.63, 3.8) is 0 Å². The quantitative estimate of drug-likeness (QED) is 0.435. The Hall–Kier alpha value is -3.19.